The number of ether oxygens (including phenoxy) is 1. The van der Waals surface area contributed by atoms with E-state index in [9.17, 15) is 4.79 Å². The van der Waals surface area contributed by atoms with Crippen molar-refractivity contribution in [3.05, 3.63) is 115 Å². The number of aryl methyl sites for hydroxylation is 1. The van der Waals surface area contributed by atoms with E-state index in [0.717, 1.165) is 22.0 Å². The van der Waals surface area contributed by atoms with Crippen molar-refractivity contribution in [3.63, 3.8) is 0 Å². The van der Waals surface area contributed by atoms with Crippen LogP contribution in [0.2, 0.25) is 0 Å². The predicted octanol–water partition coefficient (Wildman–Crippen LogP) is 6.65. The van der Waals surface area contributed by atoms with Crippen LogP contribution in [0.25, 0.3) is 22.2 Å². The van der Waals surface area contributed by atoms with Crippen molar-refractivity contribution in [3.8, 4) is 22.8 Å². The summed E-state index contributed by atoms with van der Waals surface area (Å²) < 4.78 is 6.07. The van der Waals surface area contributed by atoms with Gasteiger partial charge >= 0.3 is 0 Å². The van der Waals surface area contributed by atoms with E-state index in [1.165, 1.54) is 0 Å². The van der Waals surface area contributed by atoms with Gasteiger partial charge in [-0.1, -0.05) is 42.5 Å². The number of nitrogens with one attached hydrogen (secondary N) is 1. The molecule has 0 saturated carbocycles. The fourth-order valence-electron chi connectivity index (χ4n) is 3.69. The quantitative estimate of drug-likeness (QED) is 0.338. The number of hydrogen-bond donors (Lipinski definition) is 1. The highest BCUT2D eigenvalue weighted by Gasteiger charge is 2.16. The van der Waals surface area contributed by atoms with Crippen molar-refractivity contribution in [1.82, 2.24) is 9.97 Å². The van der Waals surface area contributed by atoms with Gasteiger partial charge in [-0.05, 0) is 61.0 Å². The number of nitrogens with zero attached hydrogens (tertiary/aromatic N) is 2. The number of amides is 1. The molecular weight excluding hydrogens is 410 g/mol. The highest BCUT2D eigenvalue weighted by molar-refractivity contribution is 6.13. The summed E-state index contributed by atoms with van der Waals surface area (Å²) in [6.07, 6.45) is 3.43. The third-order valence-corrected chi connectivity index (χ3v) is 5.29. The highest BCUT2D eigenvalue weighted by Crippen LogP contribution is 2.31. The zero-order valence-electron chi connectivity index (χ0n) is 18.0. The molecule has 0 aliphatic rings. The predicted molar refractivity (Wildman–Crippen MR) is 131 cm³/mol. The molecule has 0 unspecified atom stereocenters. The van der Waals surface area contributed by atoms with Crippen molar-refractivity contribution < 1.29 is 9.53 Å². The Kier molecular flexibility index (Phi) is 5.52. The van der Waals surface area contributed by atoms with Gasteiger partial charge < -0.3 is 10.1 Å². The molecule has 2 aromatic heterocycles. The Bertz CT molecular complexity index is 1450. The molecule has 2 heterocycles. The van der Waals surface area contributed by atoms with Crippen LogP contribution < -0.4 is 10.1 Å². The second-order valence-electron chi connectivity index (χ2n) is 7.68. The van der Waals surface area contributed by atoms with Crippen LogP contribution in [0.1, 0.15) is 15.9 Å². The lowest BCUT2D eigenvalue weighted by molar-refractivity contribution is 0.102. The zero-order chi connectivity index (χ0) is 22.6. The number of pyridine rings is 2. The molecule has 0 spiro atoms. The number of carbonyl (C=O) groups is 1. The van der Waals surface area contributed by atoms with E-state index in [0.29, 0.717) is 28.4 Å². The molecule has 1 N–H and O–H groups in total. The lowest BCUT2D eigenvalue weighted by Crippen LogP contribution is -2.13. The summed E-state index contributed by atoms with van der Waals surface area (Å²) in [7, 11) is 0. The van der Waals surface area contributed by atoms with Gasteiger partial charge in [-0.2, -0.15) is 0 Å². The molecule has 0 bridgehead atoms. The molecule has 5 rings (SSSR count). The van der Waals surface area contributed by atoms with Gasteiger partial charge in [0, 0.05) is 23.3 Å². The summed E-state index contributed by atoms with van der Waals surface area (Å²) in [4.78, 5) is 22.3. The van der Waals surface area contributed by atoms with Gasteiger partial charge in [-0.25, -0.2) is 4.98 Å². The summed E-state index contributed by atoms with van der Waals surface area (Å²) in [5.41, 5.74) is 4.59. The van der Waals surface area contributed by atoms with Gasteiger partial charge in [0.2, 0.25) is 0 Å². The number of para-hydroxylation sites is 3. The summed E-state index contributed by atoms with van der Waals surface area (Å²) in [6, 6.07) is 28.4. The van der Waals surface area contributed by atoms with E-state index in [4.69, 9.17) is 9.72 Å². The summed E-state index contributed by atoms with van der Waals surface area (Å²) in [5, 5.41) is 3.81. The van der Waals surface area contributed by atoms with E-state index in [-0.39, 0.29) is 5.91 Å². The highest BCUT2D eigenvalue weighted by atomic mass is 16.5. The van der Waals surface area contributed by atoms with Crippen LogP contribution in [-0.2, 0) is 0 Å². The first-order valence-electron chi connectivity index (χ1n) is 10.6. The molecule has 0 aliphatic heterocycles. The molecular formula is C28H21N3O2. The average Bonchev–Trinajstić information content (AvgIpc) is 2.85. The van der Waals surface area contributed by atoms with Gasteiger partial charge in [0.15, 0.2) is 5.75 Å². The molecule has 3 aromatic carbocycles. The molecule has 0 radical (unpaired) electrons. The van der Waals surface area contributed by atoms with Gasteiger partial charge in [-0.15, -0.1) is 0 Å². The Labute approximate surface area is 191 Å². The molecule has 5 nitrogen and oxygen atoms in total. The molecule has 5 heteroatoms. The minimum Gasteiger partial charge on any atom is -0.455 e. The van der Waals surface area contributed by atoms with E-state index >= 15 is 0 Å². The van der Waals surface area contributed by atoms with E-state index < -0.39 is 0 Å². The summed E-state index contributed by atoms with van der Waals surface area (Å²) in [6.45, 7) is 2.01. The first-order valence-corrected chi connectivity index (χ1v) is 10.6. The molecule has 0 aliphatic carbocycles. The van der Waals surface area contributed by atoms with E-state index in [2.05, 4.69) is 10.3 Å². The third-order valence-electron chi connectivity index (χ3n) is 5.29. The minimum atomic E-state index is -0.232. The minimum absolute atomic E-state index is 0.232. The topological polar surface area (TPSA) is 64.1 Å². The monoisotopic (exact) mass is 431 g/mol. The van der Waals surface area contributed by atoms with E-state index in [1.54, 1.807) is 12.4 Å². The Balaban J connectivity index is 1.52. The van der Waals surface area contributed by atoms with Gasteiger partial charge in [0.25, 0.3) is 5.91 Å². The van der Waals surface area contributed by atoms with Crippen LogP contribution in [-0.4, -0.2) is 15.9 Å². The summed E-state index contributed by atoms with van der Waals surface area (Å²) in [5.74, 6) is 1.06. The van der Waals surface area contributed by atoms with Gasteiger partial charge in [-0.3, -0.25) is 9.78 Å². The fraction of sp³-hybridized carbons (Fsp3) is 0.0357. The van der Waals surface area contributed by atoms with Gasteiger partial charge in [0.05, 0.1) is 22.5 Å². The second-order valence-corrected chi connectivity index (χ2v) is 7.68. The van der Waals surface area contributed by atoms with Crippen molar-refractivity contribution in [2.24, 2.45) is 0 Å². The zero-order valence-corrected chi connectivity index (χ0v) is 18.0. The Morgan fingerprint density at radius 1 is 0.848 bits per heavy atom. The first kappa shape index (κ1) is 20.4. The van der Waals surface area contributed by atoms with Crippen molar-refractivity contribution >= 4 is 22.5 Å². The number of hydrogen-bond acceptors (Lipinski definition) is 4. The smallest absolute Gasteiger partial charge is 0.256 e. The van der Waals surface area contributed by atoms with Crippen molar-refractivity contribution in [1.29, 1.82) is 0 Å². The number of carbonyl (C=O) groups excluding carboxylic acids is 1. The lowest BCUT2D eigenvalue weighted by Gasteiger charge is -2.14. The number of fused-ring (bicyclic) bond motifs is 1. The Hall–Kier alpha value is -4.51. The third kappa shape index (κ3) is 4.43. The standard InChI is InChI=1S/C28H21N3O2/c1-19-7-6-8-21(17-19)33-27-12-5-4-11-25(27)31-28(32)23-18-26(20-13-15-29-16-14-20)30-24-10-3-2-9-22(23)24/h2-18H,1H3,(H,31,32). The molecule has 0 saturated heterocycles. The lowest BCUT2D eigenvalue weighted by atomic mass is 10.0. The second kappa shape index (κ2) is 8.93. The maximum Gasteiger partial charge on any atom is 0.256 e. The molecule has 1 amide bonds. The van der Waals surface area contributed by atoms with Crippen LogP contribution in [0.15, 0.2) is 103 Å². The number of rotatable bonds is 5. The Morgan fingerprint density at radius 3 is 2.48 bits per heavy atom. The van der Waals surface area contributed by atoms with Crippen molar-refractivity contribution in [2.75, 3.05) is 5.32 Å². The SMILES string of the molecule is Cc1cccc(Oc2ccccc2NC(=O)c2cc(-c3ccncc3)nc3ccccc23)c1. The number of anilines is 1. The number of aromatic nitrogens is 2. The van der Waals surface area contributed by atoms with Crippen molar-refractivity contribution in [2.45, 2.75) is 6.92 Å². The van der Waals surface area contributed by atoms with Gasteiger partial charge in [0.1, 0.15) is 5.75 Å². The molecule has 5 aromatic rings. The molecule has 0 atom stereocenters. The maximum absolute atomic E-state index is 13.5. The molecule has 0 fully saturated rings. The van der Waals surface area contributed by atoms with Crippen LogP contribution in [0.5, 0.6) is 11.5 Å². The largest absolute Gasteiger partial charge is 0.455 e. The van der Waals surface area contributed by atoms with Crippen LogP contribution in [0.3, 0.4) is 0 Å². The summed E-state index contributed by atoms with van der Waals surface area (Å²) >= 11 is 0. The normalized spacial score (nSPS) is 10.7. The average molecular weight is 431 g/mol. The van der Waals surface area contributed by atoms with Crippen LogP contribution >= 0.6 is 0 Å². The van der Waals surface area contributed by atoms with E-state index in [1.807, 2.05) is 97.9 Å². The van der Waals surface area contributed by atoms with Crippen LogP contribution in [0, 0.1) is 6.92 Å². The Morgan fingerprint density at radius 2 is 1.64 bits per heavy atom. The fourth-order valence-corrected chi connectivity index (χ4v) is 3.69. The number of benzene rings is 3. The maximum atomic E-state index is 13.5. The van der Waals surface area contributed by atoms with Crippen LogP contribution in [0.4, 0.5) is 5.69 Å². The molecule has 160 valence electrons. The first-order chi connectivity index (χ1) is 16.2. The molecule has 33 heavy (non-hydrogen) atoms.